The minimum Gasteiger partial charge on any atom is -0.397 e. The van der Waals surface area contributed by atoms with Gasteiger partial charge in [0.25, 0.3) is 0 Å². The van der Waals surface area contributed by atoms with Crippen LogP contribution >= 0.6 is 27.5 Å². The number of pyridine rings is 1. The Labute approximate surface area is 110 Å². The molecule has 1 heterocycles. The van der Waals surface area contributed by atoms with Gasteiger partial charge in [-0.3, -0.25) is 0 Å². The van der Waals surface area contributed by atoms with E-state index >= 15 is 0 Å². The van der Waals surface area contributed by atoms with Crippen molar-refractivity contribution < 1.29 is 8.78 Å². The van der Waals surface area contributed by atoms with E-state index in [1.807, 2.05) is 0 Å². The molecule has 1 aromatic heterocycles. The Kier molecular flexibility index (Phi) is 3.31. The highest BCUT2D eigenvalue weighted by Gasteiger charge is 2.12. The maximum atomic E-state index is 13.1. The monoisotopic (exact) mass is 318 g/mol. The van der Waals surface area contributed by atoms with Crippen LogP contribution in [-0.2, 0) is 0 Å². The van der Waals surface area contributed by atoms with Crippen LogP contribution in [0.4, 0.5) is 14.5 Å². The molecule has 2 nitrogen and oxygen atoms in total. The third kappa shape index (κ3) is 2.25. The molecule has 0 bridgehead atoms. The molecule has 17 heavy (non-hydrogen) atoms. The highest BCUT2D eigenvalue weighted by molar-refractivity contribution is 9.10. The van der Waals surface area contributed by atoms with Gasteiger partial charge in [0.05, 0.1) is 10.2 Å². The van der Waals surface area contributed by atoms with Crippen molar-refractivity contribution in [3.8, 4) is 11.1 Å². The molecule has 2 N–H and O–H groups in total. The van der Waals surface area contributed by atoms with Gasteiger partial charge in [-0.15, -0.1) is 0 Å². The van der Waals surface area contributed by atoms with Crippen LogP contribution in [0.2, 0.25) is 5.15 Å². The summed E-state index contributed by atoms with van der Waals surface area (Å²) in [5.74, 6) is -1.85. The third-order valence-corrected chi connectivity index (χ3v) is 3.56. The molecule has 0 aliphatic heterocycles. The molecule has 0 spiro atoms. The van der Waals surface area contributed by atoms with E-state index in [1.165, 1.54) is 12.3 Å². The Balaban J connectivity index is 2.61. The molecule has 0 amide bonds. The first-order chi connectivity index (χ1) is 8.00. The minimum atomic E-state index is -0.937. The molecule has 0 saturated heterocycles. The van der Waals surface area contributed by atoms with E-state index in [9.17, 15) is 8.78 Å². The van der Waals surface area contributed by atoms with Crippen molar-refractivity contribution in [2.45, 2.75) is 0 Å². The first-order valence-electron chi connectivity index (χ1n) is 4.55. The molecule has 0 aliphatic rings. The van der Waals surface area contributed by atoms with Crippen LogP contribution in [0.3, 0.4) is 0 Å². The maximum absolute atomic E-state index is 13.1. The van der Waals surface area contributed by atoms with Crippen molar-refractivity contribution in [2.24, 2.45) is 0 Å². The molecular weight excluding hydrogens is 313 g/mol. The Morgan fingerprint density at radius 1 is 1.24 bits per heavy atom. The number of aromatic nitrogens is 1. The third-order valence-electron chi connectivity index (χ3n) is 2.25. The van der Waals surface area contributed by atoms with Crippen molar-refractivity contribution in [3.63, 3.8) is 0 Å². The van der Waals surface area contributed by atoms with Gasteiger partial charge in [-0.1, -0.05) is 17.7 Å². The quantitative estimate of drug-likeness (QED) is 0.806. The fraction of sp³-hybridized carbons (Fsp3) is 0. The number of benzene rings is 1. The van der Waals surface area contributed by atoms with E-state index in [0.717, 1.165) is 12.1 Å². The number of nitrogens with two attached hydrogens (primary N) is 1. The van der Waals surface area contributed by atoms with Gasteiger partial charge in [0, 0.05) is 11.8 Å². The lowest BCUT2D eigenvalue weighted by Gasteiger charge is -2.08. The van der Waals surface area contributed by atoms with E-state index in [0.29, 0.717) is 21.3 Å². The number of hydrogen-bond donors (Lipinski definition) is 1. The predicted molar refractivity (Wildman–Crippen MR) is 66.7 cm³/mol. The molecule has 2 rings (SSSR count). The number of rotatable bonds is 1. The van der Waals surface area contributed by atoms with Gasteiger partial charge in [0.15, 0.2) is 11.6 Å². The second kappa shape index (κ2) is 4.58. The van der Waals surface area contributed by atoms with E-state index in [2.05, 4.69) is 20.9 Å². The number of nitrogen functional groups attached to an aromatic ring is 1. The van der Waals surface area contributed by atoms with Crippen LogP contribution in [0.5, 0.6) is 0 Å². The van der Waals surface area contributed by atoms with Crippen molar-refractivity contribution in [1.82, 2.24) is 4.98 Å². The lowest BCUT2D eigenvalue weighted by Crippen LogP contribution is -1.95. The van der Waals surface area contributed by atoms with Crippen LogP contribution in [0.15, 0.2) is 28.9 Å². The SMILES string of the molecule is Nc1c(-c2ccc(F)c(F)c2)cnc(Cl)c1Br. The molecule has 0 fully saturated rings. The summed E-state index contributed by atoms with van der Waals surface area (Å²) in [4.78, 5) is 3.89. The van der Waals surface area contributed by atoms with Gasteiger partial charge in [-0.2, -0.15) is 0 Å². The lowest BCUT2D eigenvalue weighted by atomic mass is 10.1. The Morgan fingerprint density at radius 3 is 2.59 bits per heavy atom. The summed E-state index contributed by atoms with van der Waals surface area (Å²) >= 11 is 8.93. The molecular formula is C11H6BrClF2N2. The van der Waals surface area contributed by atoms with Crippen molar-refractivity contribution in [2.75, 3.05) is 5.73 Å². The smallest absolute Gasteiger partial charge is 0.159 e. The van der Waals surface area contributed by atoms with Gasteiger partial charge in [0.1, 0.15) is 5.15 Å². The average Bonchev–Trinajstić information content (AvgIpc) is 2.30. The summed E-state index contributed by atoms with van der Waals surface area (Å²) in [5.41, 5.74) is 7.07. The van der Waals surface area contributed by atoms with Crippen molar-refractivity contribution in [1.29, 1.82) is 0 Å². The second-order valence-electron chi connectivity index (χ2n) is 3.32. The van der Waals surface area contributed by atoms with E-state index in [-0.39, 0.29) is 5.15 Å². The fourth-order valence-electron chi connectivity index (χ4n) is 1.37. The normalized spacial score (nSPS) is 10.6. The first-order valence-corrected chi connectivity index (χ1v) is 5.72. The zero-order valence-electron chi connectivity index (χ0n) is 8.35. The van der Waals surface area contributed by atoms with E-state index < -0.39 is 11.6 Å². The summed E-state index contributed by atoms with van der Waals surface area (Å²) in [6.45, 7) is 0. The zero-order valence-corrected chi connectivity index (χ0v) is 10.7. The molecule has 2 aromatic rings. The summed E-state index contributed by atoms with van der Waals surface area (Å²) < 4.78 is 26.3. The summed E-state index contributed by atoms with van der Waals surface area (Å²) in [6.07, 6.45) is 1.41. The second-order valence-corrected chi connectivity index (χ2v) is 4.47. The maximum Gasteiger partial charge on any atom is 0.159 e. The van der Waals surface area contributed by atoms with Gasteiger partial charge >= 0.3 is 0 Å². The first kappa shape index (κ1) is 12.3. The number of anilines is 1. The van der Waals surface area contributed by atoms with Gasteiger partial charge in [-0.25, -0.2) is 13.8 Å². The number of hydrogen-bond acceptors (Lipinski definition) is 2. The summed E-state index contributed by atoms with van der Waals surface area (Å²) in [5, 5.41) is 0.217. The largest absolute Gasteiger partial charge is 0.397 e. The van der Waals surface area contributed by atoms with Gasteiger partial charge in [-0.05, 0) is 33.6 Å². The number of nitrogens with zero attached hydrogens (tertiary/aromatic N) is 1. The van der Waals surface area contributed by atoms with Crippen LogP contribution in [0, 0.1) is 11.6 Å². The molecule has 6 heteroatoms. The Morgan fingerprint density at radius 2 is 1.94 bits per heavy atom. The number of halogens is 4. The molecule has 0 unspecified atom stereocenters. The Bertz CT molecular complexity index is 590. The Hall–Kier alpha value is -1.20. The summed E-state index contributed by atoms with van der Waals surface area (Å²) in [6, 6.07) is 3.52. The molecule has 1 aromatic carbocycles. The lowest BCUT2D eigenvalue weighted by molar-refractivity contribution is 0.509. The molecule has 88 valence electrons. The predicted octanol–water partition coefficient (Wildman–Crippen LogP) is 4.02. The molecule has 0 aliphatic carbocycles. The topological polar surface area (TPSA) is 38.9 Å². The fourth-order valence-corrected chi connectivity index (χ4v) is 1.84. The molecule has 0 saturated carbocycles. The highest BCUT2D eigenvalue weighted by Crippen LogP contribution is 2.35. The molecule has 0 atom stereocenters. The van der Waals surface area contributed by atoms with Gasteiger partial charge in [0.2, 0.25) is 0 Å². The van der Waals surface area contributed by atoms with Crippen LogP contribution in [0.25, 0.3) is 11.1 Å². The summed E-state index contributed by atoms with van der Waals surface area (Å²) in [7, 11) is 0. The standard InChI is InChI=1S/C11H6BrClF2N2/c12-9-10(16)6(4-17-11(9)13)5-1-2-7(14)8(15)3-5/h1-4H,(H2,16,17). The van der Waals surface area contributed by atoms with Gasteiger partial charge < -0.3 is 5.73 Å². The zero-order chi connectivity index (χ0) is 12.6. The van der Waals surface area contributed by atoms with E-state index in [4.69, 9.17) is 17.3 Å². The van der Waals surface area contributed by atoms with Crippen LogP contribution in [-0.4, -0.2) is 4.98 Å². The average molecular weight is 320 g/mol. The van der Waals surface area contributed by atoms with Crippen LogP contribution in [0.1, 0.15) is 0 Å². The van der Waals surface area contributed by atoms with Crippen LogP contribution < -0.4 is 5.73 Å². The molecule has 0 radical (unpaired) electrons. The van der Waals surface area contributed by atoms with Crippen molar-refractivity contribution >= 4 is 33.2 Å². The minimum absolute atomic E-state index is 0.217. The van der Waals surface area contributed by atoms with E-state index in [1.54, 1.807) is 0 Å². The highest BCUT2D eigenvalue weighted by atomic mass is 79.9. The van der Waals surface area contributed by atoms with Crippen molar-refractivity contribution in [3.05, 3.63) is 45.7 Å².